The predicted molar refractivity (Wildman–Crippen MR) is 78.4 cm³/mol. The number of amides is 1. The first kappa shape index (κ1) is 13.8. The van der Waals surface area contributed by atoms with E-state index in [0.717, 1.165) is 5.39 Å². The van der Waals surface area contributed by atoms with Crippen molar-refractivity contribution in [1.29, 1.82) is 0 Å². The van der Waals surface area contributed by atoms with E-state index in [0.29, 0.717) is 11.3 Å². The van der Waals surface area contributed by atoms with Gasteiger partial charge in [-0.15, -0.1) is 0 Å². The summed E-state index contributed by atoms with van der Waals surface area (Å²) in [6.45, 7) is 0. The highest BCUT2D eigenvalue weighted by atomic mass is 35.5. The Labute approximate surface area is 129 Å². The number of aromatic nitrogens is 3. The van der Waals surface area contributed by atoms with Crippen molar-refractivity contribution in [2.45, 2.75) is 6.42 Å². The molecule has 2 heterocycles. The third-order valence-electron chi connectivity index (χ3n) is 2.72. The molecule has 0 aliphatic heterocycles. The Morgan fingerprint density at radius 1 is 1.24 bits per heavy atom. The van der Waals surface area contributed by atoms with Crippen LogP contribution in [0.5, 0.6) is 0 Å². The number of nitrogens with one attached hydrogen (secondary N) is 1. The molecule has 0 radical (unpaired) electrons. The number of halogens is 2. The van der Waals surface area contributed by atoms with E-state index in [2.05, 4.69) is 20.4 Å². The molecule has 0 unspecified atom stereocenters. The van der Waals surface area contributed by atoms with Gasteiger partial charge in [-0.05, 0) is 23.7 Å². The lowest BCUT2D eigenvalue weighted by molar-refractivity contribution is -0.115. The molecule has 0 bridgehead atoms. The number of hydrogen-bond donors (Lipinski definition) is 1. The predicted octanol–water partition coefficient (Wildman–Crippen LogP) is 3.11. The minimum Gasteiger partial charge on any atom is -0.356 e. The van der Waals surface area contributed by atoms with E-state index in [9.17, 15) is 4.79 Å². The number of nitrogens with zero attached hydrogens (tertiary/aromatic N) is 3. The molecule has 1 N–H and O–H groups in total. The molecular weight excluding hydrogens is 315 g/mol. The van der Waals surface area contributed by atoms with Crippen LogP contribution in [0.2, 0.25) is 10.4 Å². The van der Waals surface area contributed by atoms with Crippen molar-refractivity contribution in [1.82, 2.24) is 15.1 Å². The minimum absolute atomic E-state index is 0.0373. The zero-order chi connectivity index (χ0) is 14.8. The maximum atomic E-state index is 12.0. The highest BCUT2D eigenvalue weighted by molar-refractivity contribution is 6.32. The molecule has 6 nitrogen and oxygen atoms in total. The molecule has 3 aromatic rings. The van der Waals surface area contributed by atoms with Gasteiger partial charge in [0.2, 0.25) is 11.2 Å². The number of fused-ring (bicyclic) bond motifs is 1. The molecule has 1 aromatic carbocycles. The number of rotatable bonds is 3. The third-order valence-corrected chi connectivity index (χ3v) is 3.08. The monoisotopic (exact) mass is 322 g/mol. The first-order valence-corrected chi connectivity index (χ1v) is 6.70. The van der Waals surface area contributed by atoms with E-state index in [-0.39, 0.29) is 28.6 Å². The van der Waals surface area contributed by atoms with Gasteiger partial charge >= 0.3 is 0 Å². The Bertz CT molecular complexity index is 799. The Morgan fingerprint density at radius 3 is 2.86 bits per heavy atom. The molecule has 106 valence electrons. The minimum atomic E-state index is -0.306. The fourth-order valence-corrected chi connectivity index (χ4v) is 2.27. The number of carbonyl (C=O) groups excluding carboxylic acids is 1. The van der Waals surface area contributed by atoms with Crippen molar-refractivity contribution < 1.29 is 9.32 Å². The van der Waals surface area contributed by atoms with Crippen molar-refractivity contribution in [2.75, 3.05) is 5.32 Å². The van der Waals surface area contributed by atoms with Crippen LogP contribution in [0, 0.1) is 0 Å². The fraction of sp³-hybridized carbons (Fsp3) is 0.0769. The van der Waals surface area contributed by atoms with Crippen LogP contribution in [0.1, 0.15) is 5.69 Å². The van der Waals surface area contributed by atoms with Crippen LogP contribution in [0.3, 0.4) is 0 Å². The van der Waals surface area contributed by atoms with Crippen LogP contribution < -0.4 is 5.32 Å². The Balaban J connectivity index is 1.77. The van der Waals surface area contributed by atoms with Gasteiger partial charge in [-0.3, -0.25) is 4.79 Å². The van der Waals surface area contributed by atoms with Gasteiger partial charge in [0.05, 0.1) is 6.42 Å². The third kappa shape index (κ3) is 3.12. The highest BCUT2D eigenvalue weighted by Gasteiger charge is 2.13. The average Bonchev–Trinajstić information content (AvgIpc) is 2.81. The fourth-order valence-electron chi connectivity index (χ4n) is 1.86. The molecule has 0 fully saturated rings. The average molecular weight is 323 g/mol. The van der Waals surface area contributed by atoms with Gasteiger partial charge in [-0.1, -0.05) is 28.9 Å². The van der Waals surface area contributed by atoms with Crippen LogP contribution in [0.4, 0.5) is 5.82 Å². The molecular formula is C13H8Cl2N4O2. The molecule has 0 spiro atoms. The van der Waals surface area contributed by atoms with E-state index in [1.807, 2.05) is 18.2 Å². The summed E-state index contributed by atoms with van der Waals surface area (Å²) in [5, 5.41) is 7.39. The van der Waals surface area contributed by atoms with Gasteiger partial charge in [-0.2, -0.15) is 0 Å². The van der Waals surface area contributed by atoms with Gasteiger partial charge in [0, 0.05) is 11.5 Å². The molecule has 3 rings (SSSR count). The lowest BCUT2D eigenvalue weighted by atomic mass is 10.1. The van der Waals surface area contributed by atoms with Gasteiger partial charge in [0.1, 0.15) is 16.7 Å². The van der Waals surface area contributed by atoms with E-state index < -0.39 is 0 Å². The lowest BCUT2D eigenvalue weighted by Gasteiger charge is -2.03. The van der Waals surface area contributed by atoms with E-state index in [1.54, 1.807) is 6.07 Å². The number of para-hydroxylation sites is 1. The van der Waals surface area contributed by atoms with E-state index in [4.69, 9.17) is 27.7 Å². The number of benzene rings is 1. The maximum Gasteiger partial charge on any atom is 0.231 e. The van der Waals surface area contributed by atoms with Crippen molar-refractivity contribution >= 4 is 45.9 Å². The van der Waals surface area contributed by atoms with Crippen LogP contribution in [0.15, 0.2) is 34.9 Å². The van der Waals surface area contributed by atoms with Crippen molar-refractivity contribution in [2.24, 2.45) is 0 Å². The standard InChI is InChI=1S/C13H8Cl2N4O2/c14-10-6-11(18-13(15)16-10)17-12(20)5-8-7-3-1-2-4-9(7)21-19-8/h1-4,6H,5H2,(H,16,17,18,20). The molecule has 1 amide bonds. The number of anilines is 1. The summed E-state index contributed by atoms with van der Waals surface area (Å²) in [5.74, 6) is -0.0716. The van der Waals surface area contributed by atoms with Gasteiger partial charge in [0.25, 0.3) is 0 Å². The Kier molecular flexibility index (Phi) is 3.72. The van der Waals surface area contributed by atoms with Crippen molar-refractivity contribution in [3.63, 3.8) is 0 Å². The van der Waals surface area contributed by atoms with E-state index in [1.165, 1.54) is 6.07 Å². The summed E-state index contributed by atoms with van der Waals surface area (Å²) < 4.78 is 5.14. The topological polar surface area (TPSA) is 80.9 Å². The lowest BCUT2D eigenvalue weighted by Crippen LogP contribution is -2.15. The second kappa shape index (κ2) is 5.67. The Morgan fingerprint density at radius 2 is 2.05 bits per heavy atom. The molecule has 0 saturated heterocycles. The first-order chi connectivity index (χ1) is 10.1. The maximum absolute atomic E-state index is 12.0. The zero-order valence-corrected chi connectivity index (χ0v) is 12.0. The van der Waals surface area contributed by atoms with Gasteiger partial charge in [0.15, 0.2) is 5.58 Å². The molecule has 0 atom stereocenters. The van der Waals surface area contributed by atoms with Gasteiger partial charge in [-0.25, -0.2) is 9.97 Å². The summed E-state index contributed by atoms with van der Waals surface area (Å²) >= 11 is 11.4. The number of carbonyl (C=O) groups is 1. The second-order valence-corrected chi connectivity index (χ2v) is 4.92. The van der Waals surface area contributed by atoms with Gasteiger partial charge < -0.3 is 9.84 Å². The molecule has 0 aliphatic rings. The second-order valence-electron chi connectivity index (χ2n) is 4.20. The molecule has 2 aromatic heterocycles. The largest absolute Gasteiger partial charge is 0.356 e. The Hall–Kier alpha value is -2.18. The van der Waals surface area contributed by atoms with Crippen LogP contribution >= 0.6 is 23.2 Å². The molecule has 0 saturated carbocycles. The van der Waals surface area contributed by atoms with Crippen LogP contribution in [0.25, 0.3) is 11.0 Å². The summed E-state index contributed by atoms with van der Waals surface area (Å²) in [7, 11) is 0. The van der Waals surface area contributed by atoms with Crippen LogP contribution in [-0.2, 0) is 11.2 Å². The van der Waals surface area contributed by atoms with Crippen LogP contribution in [-0.4, -0.2) is 21.0 Å². The smallest absolute Gasteiger partial charge is 0.231 e. The SMILES string of the molecule is O=C(Cc1noc2ccccc12)Nc1cc(Cl)nc(Cl)n1. The quantitative estimate of drug-likeness (QED) is 0.592. The first-order valence-electron chi connectivity index (χ1n) is 5.95. The highest BCUT2D eigenvalue weighted by Crippen LogP contribution is 2.19. The zero-order valence-electron chi connectivity index (χ0n) is 10.5. The molecule has 21 heavy (non-hydrogen) atoms. The normalized spacial score (nSPS) is 10.8. The molecule has 0 aliphatic carbocycles. The number of hydrogen-bond acceptors (Lipinski definition) is 5. The summed E-state index contributed by atoms with van der Waals surface area (Å²) in [5.41, 5.74) is 1.18. The van der Waals surface area contributed by atoms with Crippen molar-refractivity contribution in [3.8, 4) is 0 Å². The van der Waals surface area contributed by atoms with Crippen molar-refractivity contribution in [3.05, 3.63) is 46.5 Å². The summed E-state index contributed by atoms with van der Waals surface area (Å²) in [4.78, 5) is 19.6. The van der Waals surface area contributed by atoms with E-state index >= 15 is 0 Å². The molecule has 8 heteroatoms. The summed E-state index contributed by atoms with van der Waals surface area (Å²) in [6, 6.07) is 8.72. The summed E-state index contributed by atoms with van der Waals surface area (Å²) in [6.07, 6.45) is 0.0518.